The van der Waals surface area contributed by atoms with E-state index in [-0.39, 0.29) is 0 Å². The van der Waals surface area contributed by atoms with Crippen molar-refractivity contribution in [2.45, 2.75) is 0 Å². The number of likely N-dealkylation sites (N-methyl/N-ethyl adjacent to an activating group) is 1. The molecule has 0 bridgehead atoms. The van der Waals surface area contributed by atoms with Crippen LogP contribution in [0.2, 0.25) is 5.02 Å². The number of halogens is 1. The molecule has 1 saturated heterocycles. The van der Waals surface area contributed by atoms with Gasteiger partial charge in [-0.05, 0) is 13.1 Å². The van der Waals surface area contributed by atoms with Crippen LogP contribution in [-0.2, 0) is 0 Å². The van der Waals surface area contributed by atoms with Crippen LogP contribution in [0.15, 0.2) is 36.7 Å². The molecule has 0 unspecified atom stereocenters. The SMILES string of the molecule is CN1CCN(c2ncc(-c3ccccc3Cl)cn2)CC1. The van der Waals surface area contributed by atoms with Gasteiger partial charge in [0.1, 0.15) is 0 Å². The van der Waals surface area contributed by atoms with E-state index in [0.29, 0.717) is 0 Å². The molecule has 2 aromatic rings. The van der Waals surface area contributed by atoms with Crippen molar-refractivity contribution in [1.29, 1.82) is 0 Å². The van der Waals surface area contributed by atoms with Crippen molar-refractivity contribution in [3.63, 3.8) is 0 Å². The average Bonchev–Trinajstić information content (AvgIpc) is 2.49. The lowest BCUT2D eigenvalue weighted by Gasteiger charge is -2.32. The molecular weight excluding hydrogens is 272 g/mol. The Hall–Kier alpha value is -1.65. The van der Waals surface area contributed by atoms with Crippen LogP contribution in [0, 0.1) is 0 Å². The molecule has 20 heavy (non-hydrogen) atoms. The van der Waals surface area contributed by atoms with E-state index < -0.39 is 0 Å². The van der Waals surface area contributed by atoms with Crippen LogP contribution in [0.1, 0.15) is 0 Å². The van der Waals surface area contributed by atoms with Gasteiger partial charge in [0.25, 0.3) is 0 Å². The highest BCUT2D eigenvalue weighted by molar-refractivity contribution is 6.33. The van der Waals surface area contributed by atoms with Crippen molar-refractivity contribution in [3.8, 4) is 11.1 Å². The number of hydrogen-bond acceptors (Lipinski definition) is 4. The van der Waals surface area contributed by atoms with Gasteiger partial charge in [-0.15, -0.1) is 0 Å². The molecule has 1 aliphatic heterocycles. The molecule has 0 N–H and O–H groups in total. The summed E-state index contributed by atoms with van der Waals surface area (Å²) < 4.78 is 0. The Kier molecular flexibility index (Phi) is 3.85. The zero-order chi connectivity index (χ0) is 13.9. The zero-order valence-corrected chi connectivity index (χ0v) is 12.2. The summed E-state index contributed by atoms with van der Waals surface area (Å²) in [4.78, 5) is 13.5. The van der Waals surface area contributed by atoms with Gasteiger partial charge in [-0.1, -0.05) is 29.8 Å². The minimum atomic E-state index is 0.725. The largest absolute Gasteiger partial charge is 0.338 e. The molecule has 104 valence electrons. The topological polar surface area (TPSA) is 32.3 Å². The van der Waals surface area contributed by atoms with Gasteiger partial charge in [0, 0.05) is 54.7 Å². The number of benzene rings is 1. The highest BCUT2D eigenvalue weighted by Gasteiger charge is 2.16. The minimum absolute atomic E-state index is 0.725. The minimum Gasteiger partial charge on any atom is -0.338 e. The normalized spacial score (nSPS) is 16.4. The van der Waals surface area contributed by atoms with E-state index in [4.69, 9.17) is 11.6 Å². The van der Waals surface area contributed by atoms with Crippen molar-refractivity contribution in [3.05, 3.63) is 41.7 Å². The maximum absolute atomic E-state index is 6.19. The Balaban J connectivity index is 1.80. The zero-order valence-electron chi connectivity index (χ0n) is 11.5. The summed E-state index contributed by atoms with van der Waals surface area (Å²) in [6, 6.07) is 7.75. The molecule has 0 radical (unpaired) electrons. The first-order valence-electron chi connectivity index (χ1n) is 6.74. The fourth-order valence-electron chi connectivity index (χ4n) is 2.33. The molecule has 0 saturated carbocycles. The molecular formula is C15H17ClN4. The summed E-state index contributed by atoms with van der Waals surface area (Å²) in [6.07, 6.45) is 3.70. The van der Waals surface area contributed by atoms with Crippen LogP contribution in [0.5, 0.6) is 0 Å². The summed E-state index contributed by atoms with van der Waals surface area (Å²) in [6.45, 7) is 4.05. The van der Waals surface area contributed by atoms with Crippen LogP contribution in [0.4, 0.5) is 5.95 Å². The molecule has 1 fully saturated rings. The van der Waals surface area contributed by atoms with Crippen LogP contribution in [-0.4, -0.2) is 48.1 Å². The van der Waals surface area contributed by atoms with E-state index in [0.717, 1.165) is 48.3 Å². The van der Waals surface area contributed by atoms with Gasteiger partial charge in [0.05, 0.1) is 0 Å². The first kappa shape index (κ1) is 13.3. The average molecular weight is 289 g/mol. The van der Waals surface area contributed by atoms with Gasteiger partial charge in [-0.3, -0.25) is 0 Å². The molecule has 3 rings (SSSR count). The molecule has 4 nitrogen and oxygen atoms in total. The van der Waals surface area contributed by atoms with Crippen LogP contribution < -0.4 is 4.90 Å². The summed E-state index contributed by atoms with van der Waals surface area (Å²) in [5, 5.41) is 0.725. The molecule has 0 spiro atoms. The number of hydrogen-bond donors (Lipinski definition) is 0. The lowest BCUT2D eigenvalue weighted by atomic mass is 10.1. The highest BCUT2D eigenvalue weighted by Crippen LogP contribution is 2.26. The standard InChI is InChI=1S/C15H17ClN4/c1-19-6-8-20(9-7-19)15-17-10-12(11-18-15)13-4-2-3-5-14(13)16/h2-5,10-11H,6-9H2,1H3. The monoisotopic (exact) mass is 288 g/mol. The predicted molar refractivity (Wildman–Crippen MR) is 82.2 cm³/mol. The second-order valence-corrected chi connectivity index (χ2v) is 5.45. The summed E-state index contributed by atoms with van der Waals surface area (Å²) in [5.41, 5.74) is 1.92. The van der Waals surface area contributed by atoms with E-state index in [9.17, 15) is 0 Å². The first-order valence-corrected chi connectivity index (χ1v) is 7.12. The molecule has 0 aliphatic carbocycles. The van der Waals surface area contributed by atoms with Crippen molar-refractivity contribution in [2.24, 2.45) is 0 Å². The Morgan fingerprint density at radius 1 is 1.00 bits per heavy atom. The lowest BCUT2D eigenvalue weighted by Crippen LogP contribution is -2.45. The molecule has 2 heterocycles. The van der Waals surface area contributed by atoms with Crippen molar-refractivity contribution < 1.29 is 0 Å². The fraction of sp³-hybridized carbons (Fsp3) is 0.333. The number of piperazine rings is 1. The molecule has 1 aliphatic rings. The van der Waals surface area contributed by atoms with Crippen LogP contribution >= 0.6 is 11.6 Å². The van der Waals surface area contributed by atoms with E-state index >= 15 is 0 Å². The number of anilines is 1. The third kappa shape index (κ3) is 2.76. The number of rotatable bonds is 2. The Labute approximate surface area is 124 Å². The van der Waals surface area contributed by atoms with Gasteiger partial charge in [0.15, 0.2) is 0 Å². The van der Waals surface area contributed by atoms with Crippen molar-refractivity contribution in [1.82, 2.24) is 14.9 Å². The molecule has 0 atom stereocenters. The summed E-state index contributed by atoms with van der Waals surface area (Å²) in [7, 11) is 2.14. The maximum atomic E-state index is 6.19. The second kappa shape index (κ2) is 5.77. The van der Waals surface area contributed by atoms with E-state index in [1.54, 1.807) is 0 Å². The Morgan fingerprint density at radius 3 is 2.30 bits per heavy atom. The third-order valence-corrected chi connectivity index (χ3v) is 3.94. The van der Waals surface area contributed by atoms with Crippen LogP contribution in [0.3, 0.4) is 0 Å². The van der Waals surface area contributed by atoms with Crippen molar-refractivity contribution >= 4 is 17.5 Å². The summed E-state index contributed by atoms with van der Waals surface area (Å²) >= 11 is 6.19. The van der Waals surface area contributed by atoms with Gasteiger partial charge in [-0.2, -0.15) is 0 Å². The van der Waals surface area contributed by atoms with Gasteiger partial charge < -0.3 is 9.80 Å². The van der Waals surface area contributed by atoms with Crippen LogP contribution in [0.25, 0.3) is 11.1 Å². The highest BCUT2D eigenvalue weighted by atomic mass is 35.5. The van der Waals surface area contributed by atoms with Crippen molar-refractivity contribution in [2.75, 3.05) is 38.1 Å². The number of nitrogens with zero attached hydrogens (tertiary/aromatic N) is 4. The van der Waals surface area contributed by atoms with Gasteiger partial charge >= 0.3 is 0 Å². The van der Waals surface area contributed by atoms with Gasteiger partial charge in [0.2, 0.25) is 5.95 Å². The quantitative estimate of drug-likeness (QED) is 0.850. The first-order chi connectivity index (χ1) is 9.74. The van der Waals surface area contributed by atoms with Gasteiger partial charge in [-0.25, -0.2) is 9.97 Å². The maximum Gasteiger partial charge on any atom is 0.225 e. The smallest absolute Gasteiger partial charge is 0.225 e. The van der Waals surface area contributed by atoms with E-state index in [1.807, 2.05) is 36.7 Å². The summed E-state index contributed by atoms with van der Waals surface area (Å²) in [5.74, 6) is 0.800. The third-order valence-electron chi connectivity index (χ3n) is 3.61. The number of aromatic nitrogens is 2. The van der Waals surface area contributed by atoms with E-state index in [2.05, 4.69) is 26.8 Å². The second-order valence-electron chi connectivity index (χ2n) is 5.04. The Morgan fingerprint density at radius 2 is 1.65 bits per heavy atom. The molecule has 5 heteroatoms. The van der Waals surface area contributed by atoms with E-state index in [1.165, 1.54) is 0 Å². The fourth-order valence-corrected chi connectivity index (χ4v) is 2.57. The lowest BCUT2D eigenvalue weighted by molar-refractivity contribution is 0.311. The molecule has 1 aromatic heterocycles. The molecule has 0 amide bonds. The molecule has 1 aromatic carbocycles. The Bertz CT molecular complexity index is 577. The predicted octanol–water partition coefficient (Wildman–Crippen LogP) is 2.55.